The van der Waals surface area contributed by atoms with Crippen LogP contribution in [0.1, 0.15) is 0 Å². The number of hydrogen-bond donors (Lipinski definition) is 0. The van der Waals surface area contributed by atoms with Crippen LogP contribution >= 0.6 is 0 Å². The fourth-order valence-corrected chi connectivity index (χ4v) is 5.34. The van der Waals surface area contributed by atoms with E-state index in [1.54, 1.807) is 0 Å². The average Bonchev–Trinajstić information content (AvgIpc) is 3.20. The van der Waals surface area contributed by atoms with Crippen LogP contribution in [0, 0.1) is 6.07 Å². The number of fused-ring (bicyclic) bond motifs is 6. The second kappa shape index (κ2) is 8.75. The second-order valence-electron chi connectivity index (χ2n) is 9.04. The number of benzene rings is 6. The topological polar surface area (TPSA) is 4.93 Å². The van der Waals surface area contributed by atoms with Gasteiger partial charge in [0.15, 0.2) is 0 Å². The Morgan fingerprint density at radius 2 is 1.23 bits per heavy atom. The summed E-state index contributed by atoms with van der Waals surface area (Å²) in [5.41, 5.74) is 7.51. The van der Waals surface area contributed by atoms with Crippen LogP contribution in [-0.2, 0) is 39.8 Å². The van der Waals surface area contributed by atoms with E-state index in [0.29, 0.717) is 0 Å². The Bertz CT molecular complexity index is 1860. The van der Waals surface area contributed by atoms with E-state index in [9.17, 15) is 0 Å². The molecule has 0 spiro atoms. The fraction of sp³-hybridized carbons (Fsp3) is 0.0303. The maximum Gasteiger partial charge on any atom is 0.0568 e. The van der Waals surface area contributed by atoms with Crippen molar-refractivity contribution in [2.75, 3.05) is 0 Å². The zero-order valence-electron chi connectivity index (χ0n) is 19.5. The summed E-state index contributed by atoms with van der Waals surface area (Å²) in [5.74, 6) is 0. The molecule has 0 N–H and O–H groups in total. The number of aromatic nitrogens is 1. The molecule has 0 aliphatic carbocycles. The minimum absolute atomic E-state index is 0. The first-order valence-corrected chi connectivity index (χ1v) is 11.7. The van der Waals surface area contributed by atoms with Crippen LogP contribution in [-0.4, -0.2) is 4.57 Å². The smallest absolute Gasteiger partial charge is 0.0568 e. The molecule has 35 heavy (non-hydrogen) atoms. The van der Waals surface area contributed by atoms with Crippen molar-refractivity contribution in [3.63, 3.8) is 0 Å². The van der Waals surface area contributed by atoms with Crippen LogP contribution in [0.25, 0.3) is 65.6 Å². The Hall–Kier alpha value is -3.26. The van der Waals surface area contributed by atoms with Gasteiger partial charge in [-0.25, -0.2) is 0 Å². The molecule has 0 aliphatic rings. The van der Waals surface area contributed by atoms with Crippen LogP contribution < -0.4 is 0 Å². The van der Waals surface area contributed by atoms with Gasteiger partial charge in [0.25, 0.3) is 0 Å². The summed E-state index contributed by atoms with van der Waals surface area (Å²) in [5, 5.41) is 7.66. The Kier molecular flexibility index (Phi) is 5.56. The molecule has 0 fully saturated rings. The number of aryl methyl sites for hydroxylation is 1. The third-order valence-electron chi connectivity index (χ3n) is 7.12. The van der Waals surface area contributed by atoms with Gasteiger partial charge in [-0.2, -0.15) is 24.3 Å². The summed E-state index contributed by atoms with van der Waals surface area (Å²) >= 11 is 0. The van der Waals surface area contributed by atoms with Crippen molar-refractivity contribution in [3.8, 4) is 22.3 Å². The first-order valence-electron chi connectivity index (χ1n) is 11.7. The molecule has 0 bridgehead atoms. The molecule has 1 radical (unpaired) electrons. The molecular formula is C33H22NY-. The average molecular weight is 521 g/mol. The molecule has 0 amide bonds. The second-order valence-corrected chi connectivity index (χ2v) is 9.04. The van der Waals surface area contributed by atoms with Gasteiger partial charge in [-0.1, -0.05) is 78.9 Å². The van der Waals surface area contributed by atoms with Crippen molar-refractivity contribution in [1.82, 2.24) is 4.57 Å². The standard InChI is InChI=1S/C33H22N.Y/c1-34-32-19-17-28(21-31(32)30-18-16-25-7-4-5-9-29(25)33(30)34)24-12-10-23(11-13-24)27-15-14-22-6-2-3-8-26(22)20-27;/h3-21H,1H3;/q-1;. The van der Waals surface area contributed by atoms with Crippen molar-refractivity contribution in [3.05, 3.63) is 121 Å². The molecule has 0 unspecified atom stereocenters. The van der Waals surface area contributed by atoms with E-state index >= 15 is 0 Å². The predicted octanol–water partition coefficient (Wildman–Crippen LogP) is 8.77. The van der Waals surface area contributed by atoms with Crippen LogP contribution in [0.5, 0.6) is 0 Å². The molecule has 0 saturated heterocycles. The van der Waals surface area contributed by atoms with Crippen LogP contribution in [0.15, 0.2) is 115 Å². The van der Waals surface area contributed by atoms with Gasteiger partial charge in [0.1, 0.15) is 0 Å². The summed E-state index contributed by atoms with van der Waals surface area (Å²) in [6, 6.07) is 44.8. The van der Waals surface area contributed by atoms with Gasteiger partial charge in [0, 0.05) is 61.4 Å². The summed E-state index contributed by atoms with van der Waals surface area (Å²) in [4.78, 5) is 0. The van der Waals surface area contributed by atoms with Gasteiger partial charge < -0.3 is 4.57 Å². The van der Waals surface area contributed by atoms with Gasteiger partial charge in [-0.05, 0) is 39.8 Å². The minimum Gasteiger partial charge on any atom is -0.343 e. The molecule has 6 aromatic carbocycles. The summed E-state index contributed by atoms with van der Waals surface area (Å²) < 4.78 is 2.33. The third-order valence-corrected chi connectivity index (χ3v) is 7.12. The Morgan fingerprint density at radius 1 is 0.543 bits per heavy atom. The van der Waals surface area contributed by atoms with Crippen molar-refractivity contribution < 1.29 is 32.7 Å². The summed E-state index contributed by atoms with van der Waals surface area (Å²) in [7, 11) is 2.17. The SMILES string of the molecule is Cn1c2ccc(-c3ccc(-c4ccc5c[c-]ccc5c4)cc3)cc2c2ccc3ccccc3c21.[Y]. The van der Waals surface area contributed by atoms with E-state index in [4.69, 9.17) is 0 Å². The molecule has 7 aromatic rings. The molecule has 0 saturated carbocycles. The molecule has 1 nitrogen and oxygen atoms in total. The fourth-order valence-electron chi connectivity index (χ4n) is 5.34. The van der Waals surface area contributed by atoms with E-state index in [1.165, 1.54) is 65.6 Å². The van der Waals surface area contributed by atoms with Crippen molar-refractivity contribution in [2.45, 2.75) is 0 Å². The van der Waals surface area contributed by atoms with Crippen LogP contribution in [0.3, 0.4) is 0 Å². The maximum absolute atomic E-state index is 3.15. The van der Waals surface area contributed by atoms with Crippen LogP contribution in [0.4, 0.5) is 0 Å². The first-order chi connectivity index (χ1) is 16.8. The Balaban J connectivity index is 0.00000229. The van der Waals surface area contributed by atoms with Crippen molar-refractivity contribution in [2.24, 2.45) is 7.05 Å². The van der Waals surface area contributed by atoms with Gasteiger partial charge in [-0.3, -0.25) is 0 Å². The molecule has 0 aliphatic heterocycles. The predicted molar refractivity (Wildman–Crippen MR) is 145 cm³/mol. The zero-order valence-corrected chi connectivity index (χ0v) is 22.3. The maximum atomic E-state index is 3.15. The van der Waals surface area contributed by atoms with Gasteiger partial charge in [0.05, 0.1) is 5.52 Å². The molecule has 0 atom stereocenters. The summed E-state index contributed by atoms with van der Waals surface area (Å²) in [6.45, 7) is 0. The zero-order chi connectivity index (χ0) is 22.6. The van der Waals surface area contributed by atoms with Gasteiger partial charge in [0.2, 0.25) is 0 Å². The monoisotopic (exact) mass is 521 g/mol. The van der Waals surface area contributed by atoms with Gasteiger partial charge >= 0.3 is 0 Å². The number of nitrogens with zero attached hydrogens (tertiary/aromatic N) is 1. The van der Waals surface area contributed by atoms with E-state index < -0.39 is 0 Å². The molecule has 1 heterocycles. The minimum atomic E-state index is 0. The number of hydrogen-bond acceptors (Lipinski definition) is 0. The quantitative estimate of drug-likeness (QED) is 0.201. The van der Waals surface area contributed by atoms with E-state index in [-0.39, 0.29) is 32.7 Å². The third kappa shape index (κ3) is 3.62. The Labute approximate surface area is 229 Å². The van der Waals surface area contributed by atoms with Crippen molar-refractivity contribution >= 4 is 43.4 Å². The molecule has 7 rings (SSSR count). The largest absolute Gasteiger partial charge is 0.343 e. The normalized spacial score (nSPS) is 11.3. The molecule has 2 heteroatoms. The first kappa shape index (κ1) is 22.2. The number of rotatable bonds is 2. The van der Waals surface area contributed by atoms with E-state index in [0.717, 1.165) is 0 Å². The van der Waals surface area contributed by atoms with E-state index in [2.05, 4.69) is 121 Å². The summed E-state index contributed by atoms with van der Waals surface area (Å²) in [6.07, 6.45) is 0. The molecular weight excluding hydrogens is 499 g/mol. The van der Waals surface area contributed by atoms with Crippen LogP contribution in [0.2, 0.25) is 0 Å². The molecule has 163 valence electrons. The Morgan fingerprint density at radius 3 is 2.06 bits per heavy atom. The van der Waals surface area contributed by atoms with Gasteiger partial charge in [-0.15, -0.1) is 16.8 Å². The van der Waals surface area contributed by atoms with E-state index in [1.807, 2.05) is 12.1 Å². The molecule has 1 aromatic heterocycles. The van der Waals surface area contributed by atoms with Crippen molar-refractivity contribution in [1.29, 1.82) is 0 Å².